The maximum atomic E-state index is 10.9. The van der Waals surface area contributed by atoms with E-state index in [0.717, 1.165) is 42.9 Å². The molecule has 2 rings (SSSR count). The summed E-state index contributed by atoms with van der Waals surface area (Å²) in [6.45, 7) is 7.08. The largest absolute Gasteiger partial charge is 0.496 e. The Morgan fingerprint density at radius 1 is 1.24 bits per heavy atom. The van der Waals surface area contributed by atoms with Crippen molar-refractivity contribution in [2.75, 3.05) is 40.8 Å². The van der Waals surface area contributed by atoms with Crippen LogP contribution in [0.2, 0.25) is 0 Å². The van der Waals surface area contributed by atoms with Crippen molar-refractivity contribution in [3.05, 3.63) is 28.8 Å². The molecule has 0 aromatic heterocycles. The van der Waals surface area contributed by atoms with Gasteiger partial charge in [0.05, 0.1) is 19.3 Å². The van der Waals surface area contributed by atoms with Crippen molar-refractivity contribution in [1.82, 2.24) is 9.80 Å². The van der Waals surface area contributed by atoms with Gasteiger partial charge in [0.1, 0.15) is 5.75 Å². The highest BCUT2D eigenvalue weighted by Crippen LogP contribution is 2.34. The number of aryl methyl sites for hydroxylation is 1. The molecule has 1 aliphatic rings. The summed E-state index contributed by atoms with van der Waals surface area (Å²) in [5.41, 5.74) is 3.19. The molecule has 1 fully saturated rings. The minimum Gasteiger partial charge on any atom is -0.496 e. The van der Waals surface area contributed by atoms with Crippen LogP contribution in [0.4, 0.5) is 0 Å². The molecule has 118 valence electrons. The average Bonchev–Trinajstić information content (AvgIpc) is 2.62. The van der Waals surface area contributed by atoms with E-state index < -0.39 is 6.10 Å². The number of nitrogens with zero attached hydrogens (tertiary/aromatic N) is 2. The Morgan fingerprint density at radius 3 is 2.62 bits per heavy atom. The maximum absolute atomic E-state index is 10.9. The molecule has 1 N–H and O–H groups in total. The first-order valence-corrected chi connectivity index (χ1v) is 7.66. The molecule has 2 atom stereocenters. The van der Waals surface area contributed by atoms with Crippen molar-refractivity contribution in [2.24, 2.45) is 0 Å². The standard InChI is InChI=1S/C17H28N2O2/c1-12-7-8-14(17(21-5)13(12)2)16(20)15-11-18(3)9-6-10-19(15)4/h7-8,15-16,20H,6,9-11H2,1-5H3. The molecule has 1 saturated heterocycles. The molecule has 0 aliphatic carbocycles. The van der Waals surface area contributed by atoms with Crippen LogP contribution in [-0.2, 0) is 0 Å². The molecule has 1 heterocycles. The number of aliphatic hydroxyl groups is 1. The highest BCUT2D eigenvalue weighted by Gasteiger charge is 2.30. The van der Waals surface area contributed by atoms with E-state index in [1.165, 1.54) is 5.56 Å². The van der Waals surface area contributed by atoms with Gasteiger partial charge in [0.15, 0.2) is 0 Å². The van der Waals surface area contributed by atoms with Gasteiger partial charge >= 0.3 is 0 Å². The zero-order valence-corrected chi connectivity index (χ0v) is 13.9. The van der Waals surface area contributed by atoms with Gasteiger partial charge in [0, 0.05) is 12.1 Å². The molecule has 2 unspecified atom stereocenters. The smallest absolute Gasteiger partial charge is 0.127 e. The maximum Gasteiger partial charge on any atom is 0.127 e. The van der Waals surface area contributed by atoms with Crippen LogP contribution < -0.4 is 4.74 Å². The summed E-state index contributed by atoms with van der Waals surface area (Å²) in [4.78, 5) is 4.56. The second-order valence-electron chi connectivity index (χ2n) is 6.24. The highest BCUT2D eigenvalue weighted by atomic mass is 16.5. The van der Waals surface area contributed by atoms with Gasteiger partial charge in [-0.1, -0.05) is 12.1 Å². The Balaban J connectivity index is 2.34. The van der Waals surface area contributed by atoms with Gasteiger partial charge in [-0.2, -0.15) is 0 Å². The van der Waals surface area contributed by atoms with Gasteiger partial charge in [0.2, 0.25) is 0 Å². The number of aliphatic hydroxyl groups excluding tert-OH is 1. The van der Waals surface area contributed by atoms with Crippen molar-refractivity contribution in [2.45, 2.75) is 32.4 Å². The van der Waals surface area contributed by atoms with E-state index in [-0.39, 0.29) is 6.04 Å². The number of likely N-dealkylation sites (N-methyl/N-ethyl adjacent to an activating group) is 2. The molecular formula is C17H28N2O2. The van der Waals surface area contributed by atoms with Crippen LogP contribution in [0.1, 0.15) is 29.2 Å². The van der Waals surface area contributed by atoms with Gasteiger partial charge in [-0.25, -0.2) is 0 Å². The van der Waals surface area contributed by atoms with Gasteiger partial charge in [-0.05, 0) is 58.6 Å². The normalized spacial score (nSPS) is 22.9. The topological polar surface area (TPSA) is 35.9 Å². The molecule has 0 radical (unpaired) electrons. The Hall–Kier alpha value is -1.10. The van der Waals surface area contributed by atoms with Gasteiger partial charge in [-0.3, -0.25) is 4.90 Å². The third kappa shape index (κ3) is 3.39. The monoisotopic (exact) mass is 292 g/mol. The first-order chi connectivity index (χ1) is 9.95. The Kier molecular flexibility index (Phi) is 5.25. The molecule has 0 amide bonds. The number of rotatable bonds is 3. The average molecular weight is 292 g/mol. The SMILES string of the molecule is COc1c(C(O)C2CN(C)CCCN2C)ccc(C)c1C. The molecule has 1 aliphatic heterocycles. The van der Waals surface area contributed by atoms with Crippen LogP contribution in [0.25, 0.3) is 0 Å². The lowest BCUT2D eigenvalue weighted by molar-refractivity contribution is 0.0554. The summed E-state index contributed by atoms with van der Waals surface area (Å²) in [7, 11) is 5.90. The van der Waals surface area contributed by atoms with Crippen molar-refractivity contribution in [3.8, 4) is 5.75 Å². The van der Waals surface area contributed by atoms with Crippen molar-refractivity contribution >= 4 is 0 Å². The third-order valence-corrected chi connectivity index (χ3v) is 4.71. The second-order valence-corrected chi connectivity index (χ2v) is 6.24. The van der Waals surface area contributed by atoms with Crippen molar-refractivity contribution in [3.63, 3.8) is 0 Å². The highest BCUT2D eigenvalue weighted by molar-refractivity contribution is 5.46. The number of hydrogen-bond acceptors (Lipinski definition) is 4. The van der Waals surface area contributed by atoms with Crippen LogP contribution in [0, 0.1) is 13.8 Å². The van der Waals surface area contributed by atoms with Crippen LogP contribution >= 0.6 is 0 Å². The molecule has 0 spiro atoms. The number of hydrogen-bond donors (Lipinski definition) is 1. The van der Waals surface area contributed by atoms with Crippen LogP contribution in [-0.4, -0.2) is 61.8 Å². The summed E-state index contributed by atoms with van der Waals surface area (Å²) in [6, 6.07) is 4.16. The second kappa shape index (κ2) is 6.77. The van der Waals surface area contributed by atoms with E-state index in [1.54, 1.807) is 7.11 Å². The molecule has 4 nitrogen and oxygen atoms in total. The predicted octanol–water partition coefficient (Wildman–Crippen LogP) is 1.98. The molecule has 21 heavy (non-hydrogen) atoms. The summed E-state index contributed by atoms with van der Waals surface area (Å²) in [5, 5.41) is 10.9. The summed E-state index contributed by atoms with van der Waals surface area (Å²) < 4.78 is 5.57. The quantitative estimate of drug-likeness (QED) is 0.924. The molecule has 0 bridgehead atoms. The Morgan fingerprint density at radius 2 is 1.95 bits per heavy atom. The van der Waals surface area contributed by atoms with Crippen molar-refractivity contribution < 1.29 is 9.84 Å². The van der Waals surface area contributed by atoms with Crippen LogP contribution in [0.5, 0.6) is 5.75 Å². The number of ether oxygens (including phenoxy) is 1. The molecule has 1 aromatic carbocycles. The van der Waals surface area contributed by atoms with Crippen LogP contribution in [0.15, 0.2) is 12.1 Å². The van der Waals surface area contributed by atoms with Crippen LogP contribution in [0.3, 0.4) is 0 Å². The lowest BCUT2D eigenvalue weighted by atomic mass is 9.95. The number of benzene rings is 1. The van der Waals surface area contributed by atoms with E-state index in [4.69, 9.17) is 4.74 Å². The first-order valence-electron chi connectivity index (χ1n) is 7.66. The van der Waals surface area contributed by atoms with E-state index in [0.29, 0.717) is 0 Å². The van der Waals surface area contributed by atoms with E-state index in [1.807, 2.05) is 13.0 Å². The molecule has 0 saturated carbocycles. The van der Waals surface area contributed by atoms with E-state index >= 15 is 0 Å². The van der Waals surface area contributed by atoms with Gasteiger partial charge in [-0.15, -0.1) is 0 Å². The fourth-order valence-corrected chi connectivity index (χ4v) is 3.17. The lowest BCUT2D eigenvalue weighted by Gasteiger charge is -2.32. The summed E-state index contributed by atoms with van der Waals surface area (Å²) in [6.07, 6.45) is 0.602. The van der Waals surface area contributed by atoms with Crippen molar-refractivity contribution in [1.29, 1.82) is 0 Å². The van der Waals surface area contributed by atoms with E-state index in [2.05, 4.69) is 36.9 Å². The predicted molar refractivity (Wildman–Crippen MR) is 86.0 cm³/mol. The minimum atomic E-state index is -0.537. The van der Waals surface area contributed by atoms with Gasteiger partial charge in [0.25, 0.3) is 0 Å². The van der Waals surface area contributed by atoms with Gasteiger partial charge < -0.3 is 14.7 Å². The minimum absolute atomic E-state index is 0.0912. The third-order valence-electron chi connectivity index (χ3n) is 4.71. The van der Waals surface area contributed by atoms with E-state index in [9.17, 15) is 5.11 Å². The number of methoxy groups -OCH3 is 1. The summed E-state index contributed by atoms with van der Waals surface area (Å²) in [5.74, 6) is 0.822. The molecule has 1 aromatic rings. The fraction of sp³-hybridized carbons (Fsp3) is 0.647. The zero-order chi connectivity index (χ0) is 15.6. The fourth-order valence-electron chi connectivity index (χ4n) is 3.17. The molecule has 4 heteroatoms. The molecular weight excluding hydrogens is 264 g/mol. The Labute approximate surface area is 128 Å². The summed E-state index contributed by atoms with van der Waals surface area (Å²) >= 11 is 0. The Bertz CT molecular complexity index is 490. The first kappa shape index (κ1) is 16.3. The lowest BCUT2D eigenvalue weighted by Crippen LogP contribution is -2.42. The zero-order valence-electron chi connectivity index (χ0n) is 13.9.